The summed E-state index contributed by atoms with van der Waals surface area (Å²) in [5.74, 6) is -1.91. The van der Waals surface area contributed by atoms with Gasteiger partial charge in [-0.1, -0.05) is 33.8 Å². The number of alkyl halides is 2. The lowest BCUT2D eigenvalue weighted by atomic mass is 9.84. The maximum absolute atomic E-state index is 14.5. The summed E-state index contributed by atoms with van der Waals surface area (Å²) in [5, 5.41) is 7.87. The van der Waals surface area contributed by atoms with Crippen LogP contribution >= 0.6 is 65.3 Å². The van der Waals surface area contributed by atoms with E-state index in [4.69, 9.17) is 19.4 Å². The van der Waals surface area contributed by atoms with Crippen molar-refractivity contribution in [2.45, 2.75) is 111 Å². The van der Waals surface area contributed by atoms with Gasteiger partial charge in [-0.25, -0.2) is 15.2 Å². The van der Waals surface area contributed by atoms with Gasteiger partial charge in [0.2, 0.25) is 5.91 Å². The Hall–Kier alpha value is -3.64. The number of nitrogens with one attached hydrogen (secondary N) is 2. The van der Waals surface area contributed by atoms with Crippen molar-refractivity contribution in [1.29, 1.82) is 0 Å². The molecule has 1 aromatic carbocycles. The summed E-state index contributed by atoms with van der Waals surface area (Å²) in [5.41, 5.74) is 9.05. The number of nitrogens with zero attached hydrogens (tertiary/aromatic N) is 6. The van der Waals surface area contributed by atoms with Crippen LogP contribution in [0.5, 0.6) is 0 Å². The van der Waals surface area contributed by atoms with E-state index >= 15 is 0 Å². The number of carbonyl (C=O) groups excluding carboxylic acids is 4. The molecule has 0 unspecified atom stereocenters. The normalized spacial score (nSPS) is 19.4. The highest BCUT2D eigenvalue weighted by Crippen LogP contribution is 2.42. The lowest BCUT2D eigenvalue weighted by Crippen LogP contribution is -2.64. The number of carbonyl (C=O) groups is 4. The molecule has 2 N–H and O–H groups in total. The maximum Gasteiger partial charge on any atom is 0.345 e. The number of ether oxygens (including phenoxy) is 3. The number of aromatic nitrogens is 3. The molecule has 7 rings (SSSR count). The fourth-order valence-corrected chi connectivity index (χ4v) is 9.77. The molecular weight excluding hydrogens is 963 g/mol. The van der Waals surface area contributed by atoms with Crippen LogP contribution in [0.15, 0.2) is 41.9 Å². The smallest absolute Gasteiger partial charge is 0.345 e. The molecule has 0 radical (unpaired) electrons. The van der Waals surface area contributed by atoms with Crippen molar-refractivity contribution in [3.63, 3.8) is 0 Å². The third-order valence-electron chi connectivity index (χ3n) is 12.2. The molecule has 67 heavy (non-hydrogen) atoms. The molecule has 6 bridgehead atoms. The van der Waals surface area contributed by atoms with Crippen molar-refractivity contribution < 1.29 is 42.2 Å². The molecule has 3 aromatic heterocycles. The second-order valence-corrected chi connectivity index (χ2v) is 18.7. The van der Waals surface area contributed by atoms with E-state index < -0.39 is 60.1 Å². The molecule has 0 saturated carbocycles. The predicted octanol–water partition coefficient (Wildman–Crippen LogP) is 6.65. The summed E-state index contributed by atoms with van der Waals surface area (Å²) in [6.07, 6.45) is 2.25. The lowest BCUT2D eigenvalue weighted by Gasteiger charge is -2.42. The monoisotopic (exact) mass is 1030 g/mol. The van der Waals surface area contributed by atoms with Crippen LogP contribution in [0.25, 0.3) is 33.4 Å². The van der Waals surface area contributed by atoms with Crippen LogP contribution in [0.4, 0.5) is 13.6 Å². The molecule has 372 valence electrons. The number of halogens is 2. The lowest BCUT2D eigenvalue weighted by molar-refractivity contribution is -0.190. The topological polar surface area (TPSA) is 160 Å². The molecule has 2 saturated heterocycles. The fourth-order valence-electron chi connectivity index (χ4n) is 8.91. The number of hydrazine groups is 1. The molecule has 22 heteroatoms. The van der Waals surface area contributed by atoms with Crippen LogP contribution in [0.3, 0.4) is 0 Å². The van der Waals surface area contributed by atoms with Crippen LogP contribution in [0, 0.1) is 11.3 Å². The summed E-state index contributed by atoms with van der Waals surface area (Å²) in [6, 6.07) is 6.82. The largest absolute Gasteiger partial charge is 0.464 e. The Bertz CT molecular complexity index is 2350. The zero-order valence-electron chi connectivity index (χ0n) is 39.2. The number of rotatable bonds is 10. The second kappa shape index (κ2) is 24.3. The minimum atomic E-state index is -2.95. The van der Waals surface area contributed by atoms with Crippen LogP contribution in [0.2, 0.25) is 0 Å². The van der Waals surface area contributed by atoms with E-state index in [0.29, 0.717) is 36.5 Å². The fraction of sp³-hybridized carbons (Fsp3) is 0.556. The predicted molar refractivity (Wildman–Crippen MR) is 275 cm³/mol. The van der Waals surface area contributed by atoms with Gasteiger partial charge in [-0.05, 0) is 68.9 Å². The van der Waals surface area contributed by atoms with Crippen LogP contribution in [0.1, 0.15) is 76.8 Å². The summed E-state index contributed by atoms with van der Waals surface area (Å²) in [6.45, 7) is 9.86. The SMILES string of the molecule is CCn1c(-c2cccnc2[C@H](C)OC)c2c3cc(ccc31)-c1csc(n1)C[C@H](NC(=O)[C@H](C(C)C)N(C)C(=O)N1CC(OC(F)F)C1)C(=O)N1CCC[C@H](N1)C(=O)OCC(C)(C)C2.S.S.S.S. The highest BCUT2D eigenvalue weighted by Gasteiger charge is 2.41. The Balaban J connectivity index is 0.00000298. The van der Waals surface area contributed by atoms with Gasteiger partial charge >= 0.3 is 18.6 Å². The number of methoxy groups -OCH3 is 1. The van der Waals surface area contributed by atoms with Gasteiger partial charge in [0, 0.05) is 72.7 Å². The van der Waals surface area contributed by atoms with E-state index in [1.807, 2.05) is 24.4 Å². The van der Waals surface area contributed by atoms with Gasteiger partial charge in [-0.2, -0.15) is 62.8 Å². The van der Waals surface area contributed by atoms with Gasteiger partial charge in [0.1, 0.15) is 18.1 Å². The van der Waals surface area contributed by atoms with Crippen molar-refractivity contribution in [1.82, 2.24) is 40.1 Å². The standard InChI is InChI=1S/C45H58F2N8O7S.4H2S/c1-9-54-35-15-14-27-18-30(35)31(39(54)29-12-10-16-48-37(29)26(4)60-8)20-45(5,6)24-61-42(58)32-13-11-17-55(51-32)41(57)33(19-36-49-34(27)23-63-36)50-40(56)38(25(2)3)52(7)44(59)53-21-28(22-53)62-43(46)47;;;;/h10,12,14-16,18,23,25-26,28,32-33,38,43,51H,9,11,13,17,19-22,24H2,1-8H3,(H,50,56);4*1H2/t26-,32-,33-,38-;;;;/m0..../s1. The highest BCUT2D eigenvalue weighted by molar-refractivity contribution is 7.59. The van der Waals surface area contributed by atoms with Gasteiger partial charge in [-0.3, -0.25) is 24.4 Å². The van der Waals surface area contributed by atoms with E-state index in [-0.39, 0.29) is 98.7 Å². The number of benzene rings is 1. The number of hydrogen-bond donors (Lipinski definition) is 2. The molecule has 4 atom stereocenters. The molecular formula is C45H66F2N8O7S5. The number of cyclic esters (lactones) is 1. The maximum atomic E-state index is 14.5. The Morgan fingerprint density at radius 2 is 1.82 bits per heavy atom. The number of pyridine rings is 1. The van der Waals surface area contributed by atoms with Crippen molar-refractivity contribution in [2.75, 3.05) is 40.4 Å². The molecule has 15 nitrogen and oxygen atoms in total. The number of likely N-dealkylation sites (tertiary alicyclic amines) is 1. The van der Waals surface area contributed by atoms with Crippen molar-refractivity contribution in [3.8, 4) is 22.5 Å². The molecule has 3 aliphatic heterocycles. The first kappa shape index (κ1) is 57.7. The Morgan fingerprint density at radius 1 is 1.10 bits per heavy atom. The van der Waals surface area contributed by atoms with E-state index in [0.717, 1.165) is 39.0 Å². The number of esters is 1. The van der Waals surface area contributed by atoms with E-state index in [2.05, 4.69) is 59.0 Å². The van der Waals surface area contributed by atoms with Gasteiger partial charge in [-0.15, -0.1) is 11.3 Å². The number of likely N-dealkylation sites (N-methyl/N-ethyl adjacent to an activating group) is 1. The first-order chi connectivity index (χ1) is 30.0. The first-order valence-electron chi connectivity index (χ1n) is 21.6. The van der Waals surface area contributed by atoms with E-state index in [9.17, 15) is 28.0 Å². The Labute approximate surface area is 423 Å². The zero-order valence-corrected chi connectivity index (χ0v) is 44.0. The third-order valence-corrected chi connectivity index (χ3v) is 13.1. The number of fused-ring (bicyclic) bond motifs is 6. The molecule has 4 aromatic rings. The summed E-state index contributed by atoms with van der Waals surface area (Å²) in [4.78, 5) is 68.4. The van der Waals surface area contributed by atoms with Gasteiger partial charge in [0.25, 0.3) is 5.91 Å². The Morgan fingerprint density at radius 3 is 2.48 bits per heavy atom. The summed E-state index contributed by atoms with van der Waals surface area (Å²) < 4.78 is 44.2. The van der Waals surface area contributed by atoms with Crippen LogP contribution < -0.4 is 10.7 Å². The minimum Gasteiger partial charge on any atom is -0.464 e. The molecule has 6 heterocycles. The van der Waals surface area contributed by atoms with E-state index in [1.54, 1.807) is 27.2 Å². The number of urea groups is 1. The second-order valence-electron chi connectivity index (χ2n) is 17.8. The Kier molecular flexibility index (Phi) is 20.9. The molecule has 3 aliphatic rings. The minimum absolute atomic E-state index is 0. The number of amides is 4. The number of thiazole rings is 1. The number of hydrogen-bond acceptors (Lipinski definition) is 11. The average Bonchev–Trinajstić information content (AvgIpc) is 3.84. The van der Waals surface area contributed by atoms with Gasteiger partial charge in [0.15, 0.2) is 0 Å². The van der Waals surface area contributed by atoms with Crippen molar-refractivity contribution in [3.05, 3.63) is 58.2 Å². The molecule has 0 aliphatic carbocycles. The van der Waals surface area contributed by atoms with Crippen LogP contribution in [-0.2, 0) is 48.0 Å². The van der Waals surface area contributed by atoms with Crippen molar-refractivity contribution in [2.24, 2.45) is 11.3 Å². The molecule has 0 spiro atoms. The van der Waals surface area contributed by atoms with Crippen LogP contribution in [-0.4, -0.2) is 124 Å². The van der Waals surface area contributed by atoms with E-state index in [1.165, 1.54) is 33.2 Å². The summed E-state index contributed by atoms with van der Waals surface area (Å²) in [7, 11) is 3.15. The highest BCUT2D eigenvalue weighted by atomic mass is 32.1. The quantitative estimate of drug-likeness (QED) is 0.165. The zero-order chi connectivity index (χ0) is 45.3. The molecule has 2 fully saturated rings. The van der Waals surface area contributed by atoms with Gasteiger partial charge < -0.3 is 33.9 Å². The van der Waals surface area contributed by atoms with Gasteiger partial charge in [0.05, 0.1) is 54.0 Å². The third kappa shape index (κ3) is 12.6. The average molecular weight is 1030 g/mol. The summed E-state index contributed by atoms with van der Waals surface area (Å²) >= 11 is 1.37. The number of aryl methyl sites for hydroxylation is 1. The molecule has 4 amide bonds. The first-order valence-corrected chi connectivity index (χ1v) is 22.5. The van der Waals surface area contributed by atoms with Crippen molar-refractivity contribution >= 4 is 100 Å².